The first-order valence-corrected chi connectivity index (χ1v) is 7.42. The van der Waals surface area contributed by atoms with Gasteiger partial charge >= 0.3 is 0 Å². The Morgan fingerprint density at radius 1 is 1.37 bits per heavy atom. The van der Waals surface area contributed by atoms with Crippen molar-refractivity contribution in [3.05, 3.63) is 29.6 Å². The van der Waals surface area contributed by atoms with Crippen LogP contribution in [0.2, 0.25) is 0 Å². The predicted molar refractivity (Wildman–Crippen MR) is 78.0 cm³/mol. The van der Waals surface area contributed by atoms with Gasteiger partial charge in [-0.25, -0.2) is 0 Å². The molecule has 0 radical (unpaired) electrons. The smallest absolute Gasteiger partial charge is 0.0552 e. The van der Waals surface area contributed by atoms with Gasteiger partial charge in [0.1, 0.15) is 0 Å². The Morgan fingerprint density at radius 3 is 2.84 bits per heavy atom. The Balaban J connectivity index is 1.98. The third-order valence-electron chi connectivity index (χ3n) is 4.03. The molecule has 3 heteroatoms. The summed E-state index contributed by atoms with van der Waals surface area (Å²) in [7, 11) is 0. The van der Waals surface area contributed by atoms with Gasteiger partial charge in [0.25, 0.3) is 0 Å². The molecule has 106 valence electrons. The summed E-state index contributed by atoms with van der Waals surface area (Å²) in [6.45, 7) is 9.28. The standard InChI is InChI=1S/C16H26N2O/c1-12(2)16-8-4-7-15(17-16)11-18-9-5-6-14(10-18)13(3)19/h4,7-8,12-14,19H,5-6,9-11H2,1-3H3. The zero-order chi connectivity index (χ0) is 13.8. The molecule has 2 rings (SSSR count). The first kappa shape index (κ1) is 14.5. The topological polar surface area (TPSA) is 36.4 Å². The van der Waals surface area contributed by atoms with E-state index >= 15 is 0 Å². The van der Waals surface area contributed by atoms with E-state index in [0.717, 1.165) is 31.7 Å². The van der Waals surface area contributed by atoms with Gasteiger partial charge in [0.2, 0.25) is 0 Å². The molecule has 3 nitrogen and oxygen atoms in total. The van der Waals surface area contributed by atoms with Crippen molar-refractivity contribution < 1.29 is 5.11 Å². The summed E-state index contributed by atoms with van der Waals surface area (Å²) in [5, 5.41) is 9.74. The minimum absolute atomic E-state index is 0.197. The van der Waals surface area contributed by atoms with Crippen molar-refractivity contribution in [2.24, 2.45) is 5.92 Å². The van der Waals surface area contributed by atoms with Crippen LogP contribution in [-0.2, 0) is 6.54 Å². The number of aliphatic hydroxyl groups excluding tert-OH is 1. The van der Waals surface area contributed by atoms with Gasteiger partial charge in [-0.3, -0.25) is 9.88 Å². The third-order valence-corrected chi connectivity index (χ3v) is 4.03. The first-order valence-electron chi connectivity index (χ1n) is 7.42. The molecule has 2 heterocycles. The molecular weight excluding hydrogens is 236 g/mol. The predicted octanol–water partition coefficient (Wildman–Crippen LogP) is 2.80. The Bertz CT molecular complexity index is 403. The molecule has 0 spiro atoms. The molecule has 0 aliphatic carbocycles. The van der Waals surface area contributed by atoms with E-state index in [1.54, 1.807) is 0 Å². The first-order chi connectivity index (χ1) is 9.06. The lowest BCUT2D eigenvalue weighted by molar-refractivity contribution is 0.0594. The van der Waals surface area contributed by atoms with Crippen molar-refractivity contribution in [1.82, 2.24) is 9.88 Å². The highest BCUT2D eigenvalue weighted by molar-refractivity contribution is 5.13. The van der Waals surface area contributed by atoms with Gasteiger partial charge in [-0.05, 0) is 50.3 Å². The van der Waals surface area contributed by atoms with Gasteiger partial charge in [-0.15, -0.1) is 0 Å². The van der Waals surface area contributed by atoms with Gasteiger partial charge in [-0.2, -0.15) is 0 Å². The molecule has 2 unspecified atom stereocenters. The minimum atomic E-state index is -0.197. The fourth-order valence-electron chi connectivity index (χ4n) is 2.77. The summed E-state index contributed by atoms with van der Waals surface area (Å²) in [6, 6.07) is 6.31. The quantitative estimate of drug-likeness (QED) is 0.906. The van der Waals surface area contributed by atoms with Crippen molar-refractivity contribution in [3.63, 3.8) is 0 Å². The molecule has 1 fully saturated rings. The van der Waals surface area contributed by atoms with E-state index in [1.807, 2.05) is 6.92 Å². The summed E-state index contributed by atoms with van der Waals surface area (Å²) < 4.78 is 0. The Hall–Kier alpha value is -0.930. The monoisotopic (exact) mass is 262 g/mol. The van der Waals surface area contributed by atoms with Crippen LogP contribution in [0.1, 0.15) is 50.9 Å². The molecule has 1 N–H and O–H groups in total. The number of aliphatic hydroxyl groups is 1. The molecule has 1 saturated heterocycles. The Morgan fingerprint density at radius 2 is 2.16 bits per heavy atom. The highest BCUT2D eigenvalue weighted by Crippen LogP contribution is 2.21. The molecule has 0 saturated carbocycles. The summed E-state index contributed by atoms with van der Waals surface area (Å²) >= 11 is 0. The number of piperidine rings is 1. The average Bonchev–Trinajstić information content (AvgIpc) is 2.39. The highest BCUT2D eigenvalue weighted by atomic mass is 16.3. The van der Waals surface area contributed by atoms with Gasteiger partial charge < -0.3 is 5.11 Å². The van der Waals surface area contributed by atoms with Crippen LogP contribution in [0.4, 0.5) is 0 Å². The molecule has 1 aliphatic rings. The van der Waals surface area contributed by atoms with E-state index in [-0.39, 0.29) is 6.10 Å². The molecule has 0 amide bonds. The number of hydrogen-bond acceptors (Lipinski definition) is 3. The number of rotatable bonds is 4. The van der Waals surface area contributed by atoms with Crippen LogP contribution in [0.15, 0.2) is 18.2 Å². The molecule has 1 aromatic heterocycles. The van der Waals surface area contributed by atoms with E-state index in [9.17, 15) is 5.11 Å². The second-order valence-corrected chi connectivity index (χ2v) is 6.09. The Kier molecular flexibility index (Phi) is 4.94. The lowest BCUT2D eigenvalue weighted by Gasteiger charge is -2.33. The molecule has 0 bridgehead atoms. The van der Waals surface area contributed by atoms with Crippen molar-refractivity contribution in [2.45, 2.75) is 52.2 Å². The molecule has 1 aliphatic heterocycles. The van der Waals surface area contributed by atoms with E-state index in [4.69, 9.17) is 4.98 Å². The molecule has 1 aromatic rings. The lowest BCUT2D eigenvalue weighted by Crippen LogP contribution is -2.39. The van der Waals surface area contributed by atoms with E-state index in [2.05, 4.69) is 36.9 Å². The minimum Gasteiger partial charge on any atom is -0.393 e. The second-order valence-electron chi connectivity index (χ2n) is 6.09. The van der Waals surface area contributed by atoms with Crippen LogP contribution in [0, 0.1) is 5.92 Å². The second kappa shape index (κ2) is 6.49. The van der Waals surface area contributed by atoms with Gasteiger partial charge in [0.15, 0.2) is 0 Å². The number of pyridine rings is 1. The summed E-state index contributed by atoms with van der Waals surface area (Å²) in [5.41, 5.74) is 2.32. The summed E-state index contributed by atoms with van der Waals surface area (Å²) in [5.74, 6) is 0.897. The number of aromatic nitrogens is 1. The highest BCUT2D eigenvalue weighted by Gasteiger charge is 2.23. The maximum absolute atomic E-state index is 9.74. The summed E-state index contributed by atoms with van der Waals surface area (Å²) in [4.78, 5) is 7.16. The molecule has 19 heavy (non-hydrogen) atoms. The zero-order valence-electron chi connectivity index (χ0n) is 12.3. The van der Waals surface area contributed by atoms with Gasteiger partial charge in [-0.1, -0.05) is 19.9 Å². The van der Waals surface area contributed by atoms with Crippen LogP contribution in [0.5, 0.6) is 0 Å². The molecule has 2 atom stereocenters. The fraction of sp³-hybridized carbons (Fsp3) is 0.688. The third kappa shape index (κ3) is 4.02. The van der Waals surface area contributed by atoms with E-state index in [1.165, 1.54) is 12.1 Å². The van der Waals surface area contributed by atoms with Crippen LogP contribution in [0.25, 0.3) is 0 Å². The van der Waals surface area contributed by atoms with Gasteiger partial charge in [0, 0.05) is 18.8 Å². The molecular formula is C16H26N2O. The Labute approximate surface area is 116 Å². The van der Waals surface area contributed by atoms with Crippen molar-refractivity contribution in [2.75, 3.05) is 13.1 Å². The molecule has 0 aromatic carbocycles. The van der Waals surface area contributed by atoms with E-state index < -0.39 is 0 Å². The zero-order valence-corrected chi connectivity index (χ0v) is 12.3. The van der Waals surface area contributed by atoms with Crippen LogP contribution < -0.4 is 0 Å². The van der Waals surface area contributed by atoms with Crippen LogP contribution >= 0.6 is 0 Å². The fourth-order valence-corrected chi connectivity index (χ4v) is 2.77. The van der Waals surface area contributed by atoms with Crippen molar-refractivity contribution in [1.29, 1.82) is 0 Å². The van der Waals surface area contributed by atoms with E-state index in [0.29, 0.717) is 11.8 Å². The number of likely N-dealkylation sites (tertiary alicyclic amines) is 1. The van der Waals surface area contributed by atoms with Gasteiger partial charge in [0.05, 0.1) is 11.8 Å². The maximum Gasteiger partial charge on any atom is 0.0552 e. The van der Waals surface area contributed by atoms with Crippen LogP contribution in [-0.4, -0.2) is 34.2 Å². The van der Waals surface area contributed by atoms with Crippen molar-refractivity contribution >= 4 is 0 Å². The summed E-state index contributed by atoms with van der Waals surface area (Å²) in [6.07, 6.45) is 2.13. The maximum atomic E-state index is 9.74. The normalized spacial score (nSPS) is 22.7. The largest absolute Gasteiger partial charge is 0.393 e. The van der Waals surface area contributed by atoms with Crippen molar-refractivity contribution in [3.8, 4) is 0 Å². The van der Waals surface area contributed by atoms with Crippen LogP contribution in [0.3, 0.4) is 0 Å². The number of hydrogen-bond donors (Lipinski definition) is 1. The average molecular weight is 262 g/mol. The lowest BCUT2D eigenvalue weighted by atomic mass is 9.93. The number of nitrogens with zero attached hydrogens (tertiary/aromatic N) is 2. The SMILES string of the molecule is CC(C)c1cccc(CN2CCCC(C(C)O)C2)n1.